The molecule has 1 aliphatic rings. The van der Waals surface area contributed by atoms with Gasteiger partial charge in [-0.15, -0.1) is 0 Å². The van der Waals surface area contributed by atoms with Crippen LogP contribution in [0, 0.1) is 11.8 Å². The van der Waals surface area contributed by atoms with Gasteiger partial charge in [0.2, 0.25) is 11.8 Å². The average molecular weight is 389 g/mol. The third-order valence-electron chi connectivity index (χ3n) is 4.94. The second kappa shape index (κ2) is 12.8. The summed E-state index contributed by atoms with van der Waals surface area (Å²) in [7, 11) is 0. The van der Waals surface area contributed by atoms with E-state index in [0.29, 0.717) is 12.3 Å². The highest BCUT2D eigenvalue weighted by molar-refractivity contribution is 5.83. The van der Waals surface area contributed by atoms with Crippen molar-refractivity contribution in [2.45, 2.75) is 71.9 Å². The van der Waals surface area contributed by atoms with Crippen LogP contribution >= 0.6 is 0 Å². The molecule has 2 amide bonds. The van der Waals surface area contributed by atoms with Crippen molar-refractivity contribution in [3.63, 3.8) is 0 Å². The maximum atomic E-state index is 12.2. The van der Waals surface area contributed by atoms with Crippen LogP contribution in [-0.2, 0) is 23.9 Å². The Morgan fingerprint density at radius 2 is 1.70 bits per heavy atom. The van der Waals surface area contributed by atoms with Crippen LogP contribution < -0.4 is 10.6 Å². The topological polar surface area (TPSA) is 93.7 Å². The SMILES string of the molecule is CCC(C)C(=O)C1CCC(NC(=O)COCCNC(=O)COC(C)C)CC1.[HH].[HH]. The zero-order chi connectivity index (χ0) is 20.2. The molecule has 7 nitrogen and oxygen atoms in total. The molecule has 0 heterocycles. The highest BCUT2D eigenvalue weighted by Crippen LogP contribution is 2.27. The predicted molar refractivity (Wildman–Crippen MR) is 107 cm³/mol. The van der Waals surface area contributed by atoms with Gasteiger partial charge in [0.25, 0.3) is 0 Å². The minimum absolute atomic E-state index is 0. The summed E-state index contributed by atoms with van der Waals surface area (Å²) in [4.78, 5) is 35.6. The van der Waals surface area contributed by atoms with E-state index in [1.165, 1.54) is 0 Å². The number of ketones is 1. The summed E-state index contributed by atoms with van der Waals surface area (Å²) < 4.78 is 10.5. The van der Waals surface area contributed by atoms with Crippen molar-refractivity contribution in [3.8, 4) is 0 Å². The molecule has 0 aromatic rings. The Kier molecular flexibility index (Phi) is 11.2. The van der Waals surface area contributed by atoms with Gasteiger partial charge in [0.05, 0.1) is 12.7 Å². The van der Waals surface area contributed by atoms with Crippen LogP contribution in [-0.4, -0.2) is 56.1 Å². The smallest absolute Gasteiger partial charge is 0.246 e. The van der Waals surface area contributed by atoms with Gasteiger partial charge >= 0.3 is 0 Å². The summed E-state index contributed by atoms with van der Waals surface area (Å²) in [6, 6.07) is 0.120. The summed E-state index contributed by atoms with van der Waals surface area (Å²) in [5, 5.41) is 5.64. The standard InChI is InChI=1S/C20H36N2O5.2H2/c1-5-15(4)20(25)16-6-8-17(9-7-16)22-19(24)12-26-11-10-21-18(23)13-27-14(2)3;;/h14-17H,5-13H2,1-4H3,(H,21,23)(H,22,24);2*1H. The van der Waals surface area contributed by atoms with Crippen molar-refractivity contribution in [2.24, 2.45) is 11.8 Å². The maximum Gasteiger partial charge on any atom is 0.246 e. The highest BCUT2D eigenvalue weighted by atomic mass is 16.5. The number of Topliss-reactive ketones (excluding diaryl/α,β-unsaturated/α-hetero) is 1. The van der Waals surface area contributed by atoms with Gasteiger partial charge in [-0.1, -0.05) is 13.8 Å². The van der Waals surface area contributed by atoms with E-state index in [1.54, 1.807) is 0 Å². The largest absolute Gasteiger partial charge is 0.370 e. The fraction of sp³-hybridized carbons (Fsp3) is 0.850. The molecule has 0 aromatic carbocycles. The van der Waals surface area contributed by atoms with Crippen molar-refractivity contribution >= 4 is 17.6 Å². The Bertz CT molecular complexity index is 483. The molecule has 1 unspecified atom stereocenters. The molecule has 0 aromatic heterocycles. The van der Waals surface area contributed by atoms with Crippen molar-refractivity contribution in [1.29, 1.82) is 0 Å². The van der Waals surface area contributed by atoms with E-state index in [-0.39, 0.29) is 58.5 Å². The molecule has 0 radical (unpaired) electrons. The van der Waals surface area contributed by atoms with Gasteiger partial charge in [-0.2, -0.15) is 0 Å². The van der Waals surface area contributed by atoms with Gasteiger partial charge in [0.1, 0.15) is 19.0 Å². The number of nitrogens with one attached hydrogen (secondary N) is 2. The van der Waals surface area contributed by atoms with Crippen molar-refractivity contribution in [2.75, 3.05) is 26.4 Å². The molecular weight excluding hydrogens is 348 g/mol. The van der Waals surface area contributed by atoms with Gasteiger partial charge in [-0.05, 0) is 46.0 Å². The molecule has 0 saturated heterocycles. The normalized spacial score (nSPS) is 20.9. The molecule has 1 rings (SSSR count). The number of amides is 2. The lowest BCUT2D eigenvalue weighted by Crippen LogP contribution is -2.41. The summed E-state index contributed by atoms with van der Waals surface area (Å²) >= 11 is 0. The van der Waals surface area contributed by atoms with Gasteiger partial charge in [-0.25, -0.2) is 0 Å². The minimum atomic E-state index is -0.194. The number of hydrogen-bond donors (Lipinski definition) is 2. The Hall–Kier alpha value is -1.47. The molecule has 0 spiro atoms. The summed E-state index contributed by atoms with van der Waals surface area (Å²) in [5.74, 6) is 0.299. The van der Waals surface area contributed by atoms with Crippen LogP contribution in [0.2, 0.25) is 0 Å². The Morgan fingerprint density at radius 1 is 1.04 bits per heavy atom. The first-order valence-electron chi connectivity index (χ1n) is 10.1. The third-order valence-corrected chi connectivity index (χ3v) is 4.94. The lowest BCUT2D eigenvalue weighted by atomic mass is 9.79. The first-order chi connectivity index (χ1) is 12.8. The van der Waals surface area contributed by atoms with Crippen LogP contribution in [0.3, 0.4) is 0 Å². The quantitative estimate of drug-likeness (QED) is 0.501. The monoisotopic (exact) mass is 388 g/mol. The van der Waals surface area contributed by atoms with Gasteiger partial charge in [0.15, 0.2) is 0 Å². The number of carbonyl (C=O) groups excluding carboxylic acids is 3. The van der Waals surface area contributed by atoms with Crippen LogP contribution in [0.4, 0.5) is 0 Å². The van der Waals surface area contributed by atoms with Crippen LogP contribution in [0.15, 0.2) is 0 Å². The van der Waals surface area contributed by atoms with E-state index in [4.69, 9.17) is 9.47 Å². The molecule has 27 heavy (non-hydrogen) atoms. The average Bonchev–Trinajstić information content (AvgIpc) is 2.65. The number of rotatable bonds is 12. The lowest BCUT2D eigenvalue weighted by molar-refractivity contribution is -0.128. The minimum Gasteiger partial charge on any atom is -0.370 e. The van der Waals surface area contributed by atoms with E-state index < -0.39 is 0 Å². The van der Waals surface area contributed by atoms with Gasteiger partial charge < -0.3 is 20.1 Å². The van der Waals surface area contributed by atoms with Crippen molar-refractivity contribution < 1.29 is 26.7 Å². The first kappa shape index (κ1) is 23.6. The lowest BCUT2D eigenvalue weighted by Gasteiger charge is -2.29. The van der Waals surface area contributed by atoms with Crippen LogP contribution in [0.5, 0.6) is 0 Å². The second-order valence-electron chi connectivity index (χ2n) is 7.59. The fourth-order valence-corrected chi connectivity index (χ4v) is 3.12. The van der Waals surface area contributed by atoms with E-state index >= 15 is 0 Å². The molecule has 0 bridgehead atoms. The number of ether oxygens (including phenoxy) is 2. The second-order valence-corrected chi connectivity index (χ2v) is 7.59. The predicted octanol–water partition coefficient (Wildman–Crippen LogP) is 2.33. The third kappa shape index (κ3) is 9.86. The molecule has 1 fully saturated rings. The Balaban J connectivity index is 0. The van der Waals surface area contributed by atoms with E-state index in [0.717, 1.165) is 32.1 Å². The summed E-state index contributed by atoms with van der Waals surface area (Å²) in [6.45, 7) is 8.39. The van der Waals surface area contributed by atoms with Gasteiger partial charge in [0, 0.05) is 27.3 Å². The number of carbonyl (C=O) groups is 3. The van der Waals surface area contributed by atoms with Crippen molar-refractivity contribution in [1.82, 2.24) is 10.6 Å². The van der Waals surface area contributed by atoms with E-state index in [1.807, 2.05) is 27.7 Å². The molecule has 1 atom stereocenters. The maximum absolute atomic E-state index is 12.2. The van der Waals surface area contributed by atoms with Crippen LogP contribution in [0.25, 0.3) is 0 Å². The first-order valence-corrected chi connectivity index (χ1v) is 10.1. The molecule has 1 aliphatic carbocycles. The fourth-order valence-electron chi connectivity index (χ4n) is 3.12. The Labute approximate surface area is 165 Å². The molecule has 7 heteroatoms. The molecule has 2 N–H and O–H groups in total. The zero-order valence-electron chi connectivity index (χ0n) is 17.2. The molecule has 1 saturated carbocycles. The van der Waals surface area contributed by atoms with Crippen molar-refractivity contribution in [3.05, 3.63) is 0 Å². The molecule has 0 aliphatic heterocycles. The van der Waals surface area contributed by atoms with Gasteiger partial charge in [-0.3, -0.25) is 14.4 Å². The summed E-state index contributed by atoms with van der Waals surface area (Å²) in [5.41, 5.74) is 0. The zero-order valence-corrected chi connectivity index (χ0v) is 17.2. The Morgan fingerprint density at radius 3 is 2.30 bits per heavy atom. The highest BCUT2D eigenvalue weighted by Gasteiger charge is 2.28. The van der Waals surface area contributed by atoms with E-state index in [9.17, 15) is 14.4 Å². The van der Waals surface area contributed by atoms with Crippen LogP contribution in [0.1, 0.15) is 62.7 Å². The molecule has 160 valence electrons. The number of hydrogen-bond acceptors (Lipinski definition) is 5. The summed E-state index contributed by atoms with van der Waals surface area (Å²) in [6.07, 6.45) is 4.27. The molecular formula is C20H40N2O5. The van der Waals surface area contributed by atoms with E-state index in [2.05, 4.69) is 10.6 Å².